The second-order valence-electron chi connectivity index (χ2n) is 4.65. The molecule has 0 amide bonds. The first-order valence-corrected chi connectivity index (χ1v) is 6.16. The number of nitrogens with two attached hydrogens (primary N) is 2. The van der Waals surface area contributed by atoms with Crippen molar-refractivity contribution in [2.75, 3.05) is 6.54 Å². The van der Waals surface area contributed by atoms with Crippen LogP contribution in [0.2, 0.25) is 0 Å². The average molecular weight is 228 g/mol. The van der Waals surface area contributed by atoms with Crippen molar-refractivity contribution in [1.29, 1.82) is 0 Å². The van der Waals surface area contributed by atoms with Crippen LogP contribution in [0.1, 0.15) is 30.0 Å². The Morgan fingerprint density at radius 2 is 1.76 bits per heavy atom. The van der Waals surface area contributed by atoms with Gasteiger partial charge in [-0.15, -0.1) is 0 Å². The Balaban J connectivity index is 2.28. The minimum absolute atomic E-state index is 0.101. The van der Waals surface area contributed by atoms with E-state index in [1.807, 2.05) is 0 Å². The number of rotatable bonds is 4. The molecule has 0 aliphatic rings. The molecule has 2 aromatic rings. The highest BCUT2D eigenvalue weighted by molar-refractivity contribution is 5.83. The third-order valence-electron chi connectivity index (χ3n) is 3.17. The van der Waals surface area contributed by atoms with Crippen LogP contribution in [-0.4, -0.2) is 6.54 Å². The van der Waals surface area contributed by atoms with E-state index in [4.69, 9.17) is 11.5 Å². The van der Waals surface area contributed by atoms with E-state index in [1.54, 1.807) is 0 Å². The zero-order valence-electron chi connectivity index (χ0n) is 10.3. The van der Waals surface area contributed by atoms with Gasteiger partial charge in [-0.05, 0) is 48.7 Å². The maximum absolute atomic E-state index is 6.15. The van der Waals surface area contributed by atoms with Crippen molar-refractivity contribution < 1.29 is 0 Å². The van der Waals surface area contributed by atoms with Gasteiger partial charge in [-0.2, -0.15) is 0 Å². The summed E-state index contributed by atoms with van der Waals surface area (Å²) in [4.78, 5) is 0. The lowest BCUT2D eigenvalue weighted by molar-refractivity contribution is 0.618. The quantitative estimate of drug-likeness (QED) is 0.845. The number of fused-ring (bicyclic) bond motifs is 1. The summed E-state index contributed by atoms with van der Waals surface area (Å²) in [6.45, 7) is 2.82. The maximum atomic E-state index is 6.15. The molecule has 17 heavy (non-hydrogen) atoms. The lowest BCUT2D eigenvalue weighted by atomic mass is 9.98. The molecule has 90 valence electrons. The Kier molecular flexibility index (Phi) is 3.77. The SMILES string of the molecule is Cc1ccc2cc(C(N)CCCN)ccc2c1. The molecule has 0 fully saturated rings. The van der Waals surface area contributed by atoms with Gasteiger partial charge in [0.2, 0.25) is 0 Å². The van der Waals surface area contributed by atoms with E-state index < -0.39 is 0 Å². The summed E-state index contributed by atoms with van der Waals surface area (Å²) in [5.74, 6) is 0. The third-order valence-corrected chi connectivity index (χ3v) is 3.17. The zero-order chi connectivity index (χ0) is 12.3. The van der Waals surface area contributed by atoms with Gasteiger partial charge in [-0.25, -0.2) is 0 Å². The fraction of sp³-hybridized carbons (Fsp3) is 0.333. The van der Waals surface area contributed by atoms with E-state index in [0.29, 0.717) is 6.54 Å². The monoisotopic (exact) mass is 228 g/mol. The van der Waals surface area contributed by atoms with Crippen LogP contribution in [0.4, 0.5) is 0 Å². The third kappa shape index (κ3) is 2.84. The molecule has 1 unspecified atom stereocenters. The second-order valence-corrected chi connectivity index (χ2v) is 4.65. The molecule has 0 saturated carbocycles. The van der Waals surface area contributed by atoms with Crippen LogP contribution in [-0.2, 0) is 0 Å². The van der Waals surface area contributed by atoms with Crippen LogP contribution < -0.4 is 11.5 Å². The predicted molar refractivity (Wildman–Crippen MR) is 73.9 cm³/mol. The molecule has 0 aromatic heterocycles. The van der Waals surface area contributed by atoms with Gasteiger partial charge in [-0.1, -0.05) is 35.9 Å². The van der Waals surface area contributed by atoms with E-state index in [-0.39, 0.29) is 6.04 Å². The number of aryl methyl sites for hydroxylation is 1. The van der Waals surface area contributed by atoms with Crippen LogP contribution >= 0.6 is 0 Å². The lowest BCUT2D eigenvalue weighted by Crippen LogP contribution is -2.12. The van der Waals surface area contributed by atoms with E-state index in [0.717, 1.165) is 12.8 Å². The molecule has 4 N–H and O–H groups in total. The Morgan fingerprint density at radius 3 is 2.53 bits per heavy atom. The molecule has 2 nitrogen and oxygen atoms in total. The number of hydrogen-bond acceptors (Lipinski definition) is 2. The Labute approximate surface area is 103 Å². The van der Waals surface area contributed by atoms with Crippen molar-refractivity contribution in [2.24, 2.45) is 11.5 Å². The highest BCUT2D eigenvalue weighted by Gasteiger charge is 2.06. The molecule has 0 spiro atoms. The fourth-order valence-corrected chi connectivity index (χ4v) is 2.12. The molecule has 0 heterocycles. The van der Waals surface area contributed by atoms with Crippen molar-refractivity contribution in [3.63, 3.8) is 0 Å². The van der Waals surface area contributed by atoms with Crippen molar-refractivity contribution in [2.45, 2.75) is 25.8 Å². The van der Waals surface area contributed by atoms with Crippen molar-refractivity contribution in [1.82, 2.24) is 0 Å². The van der Waals surface area contributed by atoms with Crippen molar-refractivity contribution in [3.8, 4) is 0 Å². The van der Waals surface area contributed by atoms with Crippen molar-refractivity contribution >= 4 is 10.8 Å². The van der Waals surface area contributed by atoms with Crippen LogP contribution in [0.3, 0.4) is 0 Å². The van der Waals surface area contributed by atoms with Gasteiger partial charge < -0.3 is 11.5 Å². The summed E-state index contributed by atoms with van der Waals surface area (Å²) in [6.07, 6.45) is 1.93. The normalized spacial score (nSPS) is 12.9. The van der Waals surface area contributed by atoms with E-state index in [9.17, 15) is 0 Å². The number of hydrogen-bond donors (Lipinski definition) is 2. The molecule has 2 heteroatoms. The average Bonchev–Trinajstić information content (AvgIpc) is 2.35. The van der Waals surface area contributed by atoms with Gasteiger partial charge in [0, 0.05) is 6.04 Å². The van der Waals surface area contributed by atoms with Gasteiger partial charge in [0.25, 0.3) is 0 Å². The summed E-state index contributed by atoms with van der Waals surface area (Å²) < 4.78 is 0. The lowest BCUT2D eigenvalue weighted by Gasteiger charge is -2.12. The Bertz CT molecular complexity index is 505. The molecular weight excluding hydrogens is 208 g/mol. The first kappa shape index (κ1) is 12.1. The van der Waals surface area contributed by atoms with Gasteiger partial charge in [0.05, 0.1) is 0 Å². The Hall–Kier alpha value is -1.38. The minimum atomic E-state index is 0.101. The summed E-state index contributed by atoms with van der Waals surface area (Å²) in [6, 6.07) is 13.1. The predicted octanol–water partition coefficient (Wildman–Crippen LogP) is 2.89. The topological polar surface area (TPSA) is 52.0 Å². The highest BCUT2D eigenvalue weighted by Crippen LogP contribution is 2.22. The fourth-order valence-electron chi connectivity index (χ4n) is 2.12. The van der Waals surface area contributed by atoms with Crippen LogP contribution in [0.25, 0.3) is 10.8 Å². The van der Waals surface area contributed by atoms with Gasteiger partial charge in [-0.3, -0.25) is 0 Å². The molecule has 0 saturated heterocycles. The molecule has 0 aliphatic heterocycles. The molecular formula is C15H20N2. The molecule has 2 rings (SSSR count). The van der Waals surface area contributed by atoms with E-state index >= 15 is 0 Å². The van der Waals surface area contributed by atoms with Gasteiger partial charge in [0.1, 0.15) is 0 Å². The second kappa shape index (κ2) is 5.30. The molecule has 0 bridgehead atoms. The van der Waals surface area contributed by atoms with Crippen molar-refractivity contribution in [3.05, 3.63) is 47.5 Å². The van der Waals surface area contributed by atoms with E-state index in [1.165, 1.54) is 21.9 Å². The summed E-state index contributed by atoms with van der Waals surface area (Å²) in [7, 11) is 0. The van der Waals surface area contributed by atoms with Crippen LogP contribution in [0.15, 0.2) is 36.4 Å². The van der Waals surface area contributed by atoms with Crippen LogP contribution in [0.5, 0.6) is 0 Å². The minimum Gasteiger partial charge on any atom is -0.330 e. The van der Waals surface area contributed by atoms with Gasteiger partial charge in [0.15, 0.2) is 0 Å². The molecule has 0 radical (unpaired) electrons. The number of benzene rings is 2. The largest absolute Gasteiger partial charge is 0.330 e. The smallest absolute Gasteiger partial charge is 0.0295 e. The zero-order valence-corrected chi connectivity index (χ0v) is 10.3. The molecule has 1 atom stereocenters. The summed E-state index contributed by atoms with van der Waals surface area (Å²) in [5.41, 5.74) is 14.1. The maximum Gasteiger partial charge on any atom is 0.0295 e. The highest BCUT2D eigenvalue weighted by atomic mass is 14.6. The molecule has 0 aliphatic carbocycles. The van der Waals surface area contributed by atoms with Gasteiger partial charge >= 0.3 is 0 Å². The summed E-state index contributed by atoms with van der Waals surface area (Å²) >= 11 is 0. The standard InChI is InChI=1S/C15H20N2/c1-11-4-5-13-10-14(7-6-12(13)9-11)15(17)3-2-8-16/h4-7,9-10,15H,2-3,8,16-17H2,1H3. The van der Waals surface area contributed by atoms with Crippen LogP contribution in [0, 0.1) is 6.92 Å². The van der Waals surface area contributed by atoms with E-state index in [2.05, 4.69) is 43.3 Å². The first-order valence-electron chi connectivity index (χ1n) is 6.16. The summed E-state index contributed by atoms with van der Waals surface area (Å²) in [5, 5.41) is 2.54. The first-order chi connectivity index (χ1) is 8.20. The molecule has 2 aromatic carbocycles. The Morgan fingerprint density at radius 1 is 1.06 bits per heavy atom.